The molecular weight excluding hydrogens is 514 g/mol. The first-order valence-electron chi connectivity index (χ1n) is 12.6. The van der Waals surface area contributed by atoms with Crippen LogP contribution in [-0.4, -0.2) is 24.0 Å². The lowest BCUT2D eigenvalue weighted by molar-refractivity contribution is -0.129. The molecular formula is C29H29N5O2S2. The van der Waals surface area contributed by atoms with Crippen molar-refractivity contribution in [1.29, 1.82) is 5.26 Å². The van der Waals surface area contributed by atoms with Crippen molar-refractivity contribution in [2.45, 2.75) is 40.0 Å². The number of carbonyl (C=O) groups is 1. The zero-order valence-electron chi connectivity index (χ0n) is 21.7. The Morgan fingerprint density at radius 1 is 1.05 bits per heavy atom. The molecule has 0 aliphatic heterocycles. The van der Waals surface area contributed by atoms with Gasteiger partial charge in [0.15, 0.2) is 0 Å². The van der Waals surface area contributed by atoms with Crippen molar-refractivity contribution >= 4 is 60.8 Å². The van der Waals surface area contributed by atoms with Gasteiger partial charge in [-0.05, 0) is 80.8 Å². The minimum Gasteiger partial charge on any atom is -0.422 e. The molecule has 0 aliphatic carbocycles. The van der Waals surface area contributed by atoms with E-state index in [2.05, 4.69) is 40.9 Å². The van der Waals surface area contributed by atoms with Gasteiger partial charge in [-0.25, -0.2) is 9.78 Å². The van der Waals surface area contributed by atoms with Crippen LogP contribution in [0.4, 0.5) is 16.5 Å². The number of rotatable bonds is 11. The lowest BCUT2D eigenvalue weighted by Gasteiger charge is -2.20. The Morgan fingerprint density at radius 2 is 1.79 bits per heavy atom. The van der Waals surface area contributed by atoms with Gasteiger partial charge >= 0.3 is 5.97 Å². The van der Waals surface area contributed by atoms with Crippen LogP contribution in [0.2, 0.25) is 0 Å². The maximum Gasteiger partial charge on any atom is 0.354 e. The molecule has 0 saturated heterocycles. The summed E-state index contributed by atoms with van der Waals surface area (Å²) in [6, 6.07) is 19.2. The number of carbonyl (C=O) groups excluding carboxylic acids is 1. The highest BCUT2D eigenvalue weighted by Crippen LogP contribution is 2.36. The second-order valence-corrected chi connectivity index (χ2v) is 10.6. The second kappa shape index (κ2) is 13.1. The topological polar surface area (TPSA) is 90.9 Å². The lowest BCUT2D eigenvalue weighted by atomic mass is 10.1. The third-order valence-electron chi connectivity index (χ3n) is 5.91. The number of esters is 1. The van der Waals surface area contributed by atoms with Gasteiger partial charge in [-0.15, -0.1) is 21.6 Å². The van der Waals surface area contributed by atoms with Crippen LogP contribution in [-0.2, 0) is 11.2 Å². The van der Waals surface area contributed by atoms with Crippen LogP contribution in [0, 0.1) is 11.3 Å². The van der Waals surface area contributed by atoms with Gasteiger partial charge in [0, 0.05) is 23.7 Å². The maximum atomic E-state index is 12.6. The fraction of sp³-hybridized carbons (Fsp3) is 0.276. The van der Waals surface area contributed by atoms with Crippen molar-refractivity contribution in [3.8, 4) is 11.8 Å². The molecule has 7 nitrogen and oxygen atoms in total. The number of hydrogen-bond donors (Lipinski definition) is 0. The zero-order chi connectivity index (χ0) is 26.9. The summed E-state index contributed by atoms with van der Waals surface area (Å²) in [6.45, 7) is 8.32. The molecule has 2 heterocycles. The summed E-state index contributed by atoms with van der Waals surface area (Å²) >= 11 is 2.79. The molecule has 9 heteroatoms. The number of fused-ring (bicyclic) bond motifs is 1. The molecule has 0 amide bonds. The largest absolute Gasteiger partial charge is 0.422 e. The Hall–Kier alpha value is -3.87. The smallest absolute Gasteiger partial charge is 0.354 e. The van der Waals surface area contributed by atoms with E-state index in [9.17, 15) is 10.1 Å². The molecule has 0 saturated carbocycles. The molecule has 4 rings (SSSR count). The quantitative estimate of drug-likeness (QED) is 0.0622. The van der Waals surface area contributed by atoms with Gasteiger partial charge in [0.1, 0.15) is 22.2 Å². The number of benzene rings is 2. The van der Waals surface area contributed by atoms with Crippen molar-refractivity contribution in [3.63, 3.8) is 0 Å². The van der Waals surface area contributed by atoms with Crippen LogP contribution in [0.15, 0.2) is 70.4 Å². The molecule has 0 aliphatic rings. The molecule has 0 N–H and O–H groups in total. The zero-order valence-corrected chi connectivity index (χ0v) is 23.3. The number of ether oxygens (including phenoxy) is 1. The third kappa shape index (κ3) is 6.91. The summed E-state index contributed by atoms with van der Waals surface area (Å²) in [7, 11) is 0. The fourth-order valence-corrected chi connectivity index (χ4v) is 5.81. The molecule has 0 radical (unpaired) electrons. The minimum absolute atomic E-state index is 0.0676. The average Bonchev–Trinajstić information content (AvgIpc) is 3.50. The molecule has 0 bridgehead atoms. The number of aromatic nitrogens is 1. The highest BCUT2D eigenvalue weighted by atomic mass is 32.1. The van der Waals surface area contributed by atoms with Crippen LogP contribution < -0.4 is 9.64 Å². The van der Waals surface area contributed by atoms with Gasteiger partial charge in [-0.2, -0.15) is 5.26 Å². The van der Waals surface area contributed by atoms with Gasteiger partial charge < -0.3 is 9.64 Å². The van der Waals surface area contributed by atoms with Crippen LogP contribution in [0.3, 0.4) is 0 Å². The minimum atomic E-state index is -0.681. The van der Waals surface area contributed by atoms with Crippen LogP contribution in [0.25, 0.3) is 15.6 Å². The maximum absolute atomic E-state index is 12.6. The molecule has 0 spiro atoms. The summed E-state index contributed by atoms with van der Waals surface area (Å²) in [5.41, 5.74) is 3.05. The second-order valence-electron chi connectivity index (χ2n) is 8.51. The molecule has 2 aromatic heterocycles. The fourth-order valence-electron chi connectivity index (χ4n) is 3.82. The molecule has 38 heavy (non-hydrogen) atoms. The Bertz CT molecular complexity index is 1440. The highest BCUT2D eigenvalue weighted by Gasteiger charge is 2.14. The first-order valence-corrected chi connectivity index (χ1v) is 14.3. The lowest BCUT2D eigenvalue weighted by Crippen LogP contribution is -2.21. The predicted molar refractivity (Wildman–Crippen MR) is 156 cm³/mol. The summed E-state index contributed by atoms with van der Waals surface area (Å²) < 4.78 is 6.33. The van der Waals surface area contributed by atoms with E-state index >= 15 is 0 Å². The number of hydrogen-bond acceptors (Lipinski definition) is 9. The number of anilines is 1. The molecule has 0 atom stereocenters. The molecule has 0 fully saturated rings. The van der Waals surface area contributed by atoms with Crippen LogP contribution in [0.1, 0.15) is 44.1 Å². The summed E-state index contributed by atoms with van der Waals surface area (Å²) in [6.07, 6.45) is 4.77. The van der Waals surface area contributed by atoms with E-state index in [0.717, 1.165) is 58.1 Å². The van der Waals surface area contributed by atoms with Gasteiger partial charge in [0.25, 0.3) is 0 Å². The number of azo groups is 1. The number of aryl methyl sites for hydroxylation is 1. The van der Waals surface area contributed by atoms with Crippen molar-refractivity contribution in [2.24, 2.45) is 10.2 Å². The van der Waals surface area contributed by atoms with Gasteiger partial charge in [0.2, 0.25) is 5.13 Å². The van der Waals surface area contributed by atoms with Crippen molar-refractivity contribution in [2.75, 3.05) is 18.0 Å². The summed E-state index contributed by atoms with van der Waals surface area (Å²) in [5.74, 6) is -0.261. The number of unbranched alkanes of at least 4 members (excludes halogenated alkanes) is 1. The Kier molecular flexibility index (Phi) is 9.35. The number of thiazole rings is 1. The predicted octanol–water partition coefficient (Wildman–Crippen LogP) is 8.47. The Balaban J connectivity index is 1.41. The van der Waals surface area contributed by atoms with E-state index in [4.69, 9.17) is 4.74 Å². The normalized spacial score (nSPS) is 11.7. The molecule has 2 aromatic carbocycles. The van der Waals surface area contributed by atoms with Crippen LogP contribution in [0.5, 0.6) is 5.75 Å². The van der Waals surface area contributed by atoms with Gasteiger partial charge in [-0.1, -0.05) is 36.8 Å². The Morgan fingerprint density at radius 3 is 2.42 bits per heavy atom. The monoisotopic (exact) mass is 543 g/mol. The molecule has 194 valence electrons. The van der Waals surface area contributed by atoms with E-state index in [1.807, 2.05) is 48.5 Å². The van der Waals surface area contributed by atoms with E-state index < -0.39 is 5.97 Å². The molecule has 4 aromatic rings. The van der Waals surface area contributed by atoms with Crippen molar-refractivity contribution < 1.29 is 9.53 Å². The standard InChI is InChI=1S/C29H29N5O2S2/c1-4-7-8-20-9-15-24(16-10-20)36-28(35)21(19-30)17-25-18-26-27(37-25)31-29(38-26)33-32-22-11-13-23(14-12-22)34(5-2)6-3/h9-18H,4-8H2,1-3H3/b21-17+,33-32?. The van der Waals surface area contributed by atoms with E-state index in [1.54, 1.807) is 12.1 Å². The molecule has 0 unspecified atom stereocenters. The van der Waals surface area contributed by atoms with Crippen molar-refractivity contribution in [3.05, 3.63) is 70.6 Å². The highest BCUT2D eigenvalue weighted by molar-refractivity contribution is 7.29. The van der Waals surface area contributed by atoms with Crippen molar-refractivity contribution in [1.82, 2.24) is 4.98 Å². The summed E-state index contributed by atoms with van der Waals surface area (Å²) in [5, 5.41) is 18.7. The Labute approximate surface area is 230 Å². The van der Waals surface area contributed by atoms with E-state index in [-0.39, 0.29) is 5.57 Å². The van der Waals surface area contributed by atoms with Gasteiger partial charge in [-0.3, -0.25) is 0 Å². The van der Waals surface area contributed by atoms with Crippen LogP contribution >= 0.6 is 22.7 Å². The number of nitriles is 1. The first kappa shape index (κ1) is 27.2. The SMILES string of the molecule is CCCCc1ccc(OC(=O)/C(C#N)=C/c2cc3sc(N=Nc4ccc(N(CC)CC)cc4)nc3s2)cc1. The third-order valence-corrected chi connectivity index (χ3v) is 7.90. The summed E-state index contributed by atoms with van der Waals surface area (Å²) in [4.78, 5) is 20.9. The van der Waals surface area contributed by atoms with E-state index in [0.29, 0.717) is 10.9 Å². The average molecular weight is 544 g/mol. The van der Waals surface area contributed by atoms with E-state index in [1.165, 1.54) is 34.3 Å². The van der Waals surface area contributed by atoms with Gasteiger partial charge in [0.05, 0.1) is 10.4 Å². The number of nitrogens with zero attached hydrogens (tertiary/aromatic N) is 5. The first-order chi connectivity index (χ1) is 18.5. The number of thiophene rings is 1.